The van der Waals surface area contributed by atoms with Gasteiger partial charge in [-0.15, -0.1) is 0 Å². The molecule has 6 atom stereocenters. The highest BCUT2D eigenvalue weighted by molar-refractivity contribution is 6.38. The summed E-state index contributed by atoms with van der Waals surface area (Å²) in [5.41, 5.74) is -0.823. The standard InChI is InChI=1S/C37H54N4O6/c1-26(11-9-12-28(3)35-38-19-10-20-39-35)33-27(2)15-16-32(37(4,46)18-17-30(42)25-31(43)34(33)44)47-36(45)41-23-21-40(22-24-41)29-13-7-5-6-8-14-29/h9-12,15-16,19-20,27-30,32-33,42,46H,5-8,13-14,17-18,21-25H2,1-4H3/b12-9+,16-15+,26-11+/t27-,28-,30-,32-,33+,37-/m0/s1. The van der Waals surface area contributed by atoms with Crippen LogP contribution < -0.4 is 0 Å². The summed E-state index contributed by atoms with van der Waals surface area (Å²) in [7, 11) is 0. The number of Topliss-reactive ketones (excluding diaryl/α,β-unsaturated/α-hetero) is 2. The number of aliphatic hydroxyl groups is 2. The number of ether oxygens (including phenoxy) is 1. The number of amides is 1. The van der Waals surface area contributed by atoms with E-state index in [0.717, 1.165) is 13.1 Å². The van der Waals surface area contributed by atoms with Crippen molar-refractivity contribution in [3.8, 4) is 0 Å². The SMILES string of the molecule is C/C(=C\C=C\[C@H](C)c1ncccn1)[C@H]1C(=O)C(=O)C[C@@H](O)CC[C@](C)(O)[C@@H](OC(=O)N2CCN(C3CCCCCC3)CC2)/C=C/[C@@H]1C. The second kappa shape index (κ2) is 17.3. The quantitative estimate of drug-likeness (QED) is 0.185. The molecule has 47 heavy (non-hydrogen) atoms. The molecule has 1 amide bonds. The second-order valence-electron chi connectivity index (χ2n) is 13.9. The number of aliphatic hydroxyl groups excluding tert-OH is 1. The van der Waals surface area contributed by atoms with Gasteiger partial charge in [0.05, 0.1) is 12.0 Å². The van der Waals surface area contributed by atoms with E-state index in [0.29, 0.717) is 30.5 Å². The zero-order chi connectivity index (χ0) is 34.0. The molecule has 0 spiro atoms. The molecule has 1 aromatic rings. The maximum absolute atomic E-state index is 13.5. The fourth-order valence-corrected chi connectivity index (χ4v) is 7.00. The molecule has 1 aliphatic heterocycles. The van der Waals surface area contributed by atoms with Crippen LogP contribution in [0.3, 0.4) is 0 Å². The van der Waals surface area contributed by atoms with Crippen LogP contribution in [0.15, 0.2) is 54.4 Å². The second-order valence-corrected chi connectivity index (χ2v) is 13.9. The van der Waals surface area contributed by atoms with Crippen LogP contribution in [0, 0.1) is 11.8 Å². The number of ketones is 2. The van der Waals surface area contributed by atoms with Crippen molar-refractivity contribution < 1.29 is 29.3 Å². The van der Waals surface area contributed by atoms with Crippen LogP contribution in [0.1, 0.15) is 97.2 Å². The first-order chi connectivity index (χ1) is 22.5. The molecule has 10 heteroatoms. The summed E-state index contributed by atoms with van der Waals surface area (Å²) in [5.74, 6) is -1.85. The van der Waals surface area contributed by atoms with Gasteiger partial charge in [-0.1, -0.05) is 69.4 Å². The highest BCUT2D eigenvalue weighted by Gasteiger charge is 2.38. The number of allylic oxidation sites excluding steroid dienone is 5. The van der Waals surface area contributed by atoms with Crippen molar-refractivity contribution in [2.24, 2.45) is 11.8 Å². The topological polar surface area (TPSA) is 133 Å². The fraction of sp³-hybridized carbons (Fsp3) is 0.649. The number of aromatic nitrogens is 2. The average molecular weight is 651 g/mol. The molecule has 2 fully saturated rings. The highest BCUT2D eigenvalue weighted by Crippen LogP contribution is 2.30. The Labute approximate surface area is 280 Å². The Morgan fingerprint density at radius 3 is 2.36 bits per heavy atom. The van der Waals surface area contributed by atoms with Crippen molar-refractivity contribution in [1.29, 1.82) is 0 Å². The van der Waals surface area contributed by atoms with Crippen LogP contribution in [0.2, 0.25) is 0 Å². The van der Waals surface area contributed by atoms with E-state index in [9.17, 15) is 24.6 Å². The van der Waals surface area contributed by atoms with E-state index in [1.54, 1.807) is 49.4 Å². The molecule has 1 saturated heterocycles. The summed E-state index contributed by atoms with van der Waals surface area (Å²) in [6, 6.07) is 2.34. The minimum atomic E-state index is -1.50. The number of hydrogen-bond acceptors (Lipinski definition) is 9. The lowest BCUT2D eigenvalue weighted by Crippen LogP contribution is -2.53. The number of carbonyl (C=O) groups excluding carboxylic acids is 3. The zero-order valence-corrected chi connectivity index (χ0v) is 28.6. The van der Waals surface area contributed by atoms with Gasteiger partial charge < -0.3 is 19.8 Å². The summed E-state index contributed by atoms with van der Waals surface area (Å²) in [6.45, 7) is 9.92. The Morgan fingerprint density at radius 2 is 1.70 bits per heavy atom. The van der Waals surface area contributed by atoms with Crippen molar-refractivity contribution >= 4 is 17.7 Å². The largest absolute Gasteiger partial charge is 0.439 e. The smallest absolute Gasteiger partial charge is 0.410 e. The van der Waals surface area contributed by atoms with Crippen LogP contribution >= 0.6 is 0 Å². The Kier molecular flexibility index (Phi) is 13.5. The molecule has 1 aromatic heterocycles. The Bertz CT molecular complexity index is 1280. The first-order valence-electron chi connectivity index (χ1n) is 17.4. The average Bonchev–Trinajstić information content (AvgIpc) is 3.35. The summed E-state index contributed by atoms with van der Waals surface area (Å²) < 4.78 is 5.97. The van der Waals surface area contributed by atoms with Gasteiger partial charge in [-0.05, 0) is 57.6 Å². The highest BCUT2D eigenvalue weighted by atomic mass is 16.6. The van der Waals surface area contributed by atoms with Crippen LogP contribution in [-0.4, -0.2) is 97.7 Å². The number of piperazine rings is 1. The van der Waals surface area contributed by atoms with Crippen LogP contribution in [0.25, 0.3) is 0 Å². The van der Waals surface area contributed by atoms with E-state index in [4.69, 9.17) is 4.74 Å². The van der Waals surface area contributed by atoms with Crippen molar-refractivity contribution in [3.63, 3.8) is 0 Å². The Morgan fingerprint density at radius 1 is 1.04 bits per heavy atom. The summed E-state index contributed by atoms with van der Waals surface area (Å²) in [6.07, 6.45) is 17.1. The lowest BCUT2D eigenvalue weighted by molar-refractivity contribution is -0.140. The van der Waals surface area contributed by atoms with Crippen molar-refractivity contribution in [1.82, 2.24) is 19.8 Å². The van der Waals surface area contributed by atoms with Crippen LogP contribution in [0.4, 0.5) is 4.79 Å². The predicted octanol–water partition coefficient (Wildman–Crippen LogP) is 5.17. The van der Waals surface area contributed by atoms with E-state index < -0.39 is 47.3 Å². The monoisotopic (exact) mass is 650 g/mol. The van der Waals surface area contributed by atoms with Gasteiger partial charge in [-0.25, -0.2) is 14.8 Å². The summed E-state index contributed by atoms with van der Waals surface area (Å²) >= 11 is 0. The third-order valence-corrected chi connectivity index (χ3v) is 10.1. The van der Waals surface area contributed by atoms with Crippen molar-refractivity contribution in [3.05, 3.63) is 60.2 Å². The minimum Gasteiger partial charge on any atom is -0.439 e. The zero-order valence-electron chi connectivity index (χ0n) is 28.6. The number of nitrogens with zero attached hydrogens (tertiary/aromatic N) is 4. The van der Waals surface area contributed by atoms with Gasteiger partial charge >= 0.3 is 6.09 Å². The first-order valence-corrected chi connectivity index (χ1v) is 17.4. The summed E-state index contributed by atoms with van der Waals surface area (Å²) in [4.78, 5) is 52.7. The van der Waals surface area contributed by atoms with Gasteiger partial charge in [0.1, 0.15) is 11.4 Å². The first kappa shape index (κ1) is 36.6. The number of hydrogen-bond donors (Lipinski definition) is 2. The van der Waals surface area contributed by atoms with Gasteiger partial charge in [0.2, 0.25) is 11.6 Å². The van der Waals surface area contributed by atoms with E-state index in [2.05, 4.69) is 14.9 Å². The molecule has 10 nitrogen and oxygen atoms in total. The third-order valence-electron chi connectivity index (χ3n) is 10.1. The van der Waals surface area contributed by atoms with Crippen LogP contribution in [0.5, 0.6) is 0 Å². The maximum atomic E-state index is 13.5. The molecule has 0 radical (unpaired) electrons. The third kappa shape index (κ3) is 10.4. The fourth-order valence-electron chi connectivity index (χ4n) is 7.00. The molecule has 258 valence electrons. The Balaban J connectivity index is 1.49. The lowest BCUT2D eigenvalue weighted by Gasteiger charge is -2.40. The van der Waals surface area contributed by atoms with Gasteiger partial charge in [-0.2, -0.15) is 0 Å². The molecule has 2 aliphatic carbocycles. The molecular formula is C37H54N4O6. The maximum Gasteiger partial charge on any atom is 0.410 e. The van der Waals surface area contributed by atoms with Gasteiger partial charge in [0.25, 0.3) is 0 Å². The molecule has 3 aliphatic rings. The molecule has 0 bridgehead atoms. The summed E-state index contributed by atoms with van der Waals surface area (Å²) in [5, 5.41) is 22.2. The lowest BCUT2D eigenvalue weighted by atomic mass is 9.79. The van der Waals surface area contributed by atoms with Crippen LogP contribution in [-0.2, 0) is 14.3 Å². The van der Waals surface area contributed by atoms with Gasteiger partial charge in [0.15, 0.2) is 6.10 Å². The normalized spacial score (nSPS) is 31.1. The molecule has 4 rings (SSSR count). The number of rotatable bonds is 6. The van der Waals surface area contributed by atoms with E-state index in [1.165, 1.54) is 38.5 Å². The molecule has 0 unspecified atom stereocenters. The van der Waals surface area contributed by atoms with E-state index in [-0.39, 0.29) is 25.2 Å². The molecule has 1 saturated carbocycles. The molecule has 2 N–H and O–H groups in total. The molecular weight excluding hydrogens is 596 g/mol. The molecule has 2 heterocycles. The number of carbonyl (C=O) groups is 3. The van der Waals surface area contributed by atoms with E-state index in [1.807, 2.05) is 32.1 Å². The van der Waals surface area contributed by atoms with Gasteiger partial charge in [0, 0.05) is 57.0 Å². The Hall–Kier alpha value is -3.21. The molecule has 0 aromatic carbocycles. The minimum absolute atomic E-state index is 0.0566. The van der Waals surface area contributed by atoms with Crippen molar-refractivity contribution in [2.45, 2.75) is 115 Å². The van der Waals surface area contributed by atoms with E-state index >= 15 is 0 Å². The van der Waals surface area contributed by atoms with Crippen molar-refractivity contribution in [2.75, 3.05) is 26.2 Å². The van der Waals surface area contributed by atoms with Gasteiger partial charge in [-0.3, -0.25) is 14.5 Å². The predicted molar refractivity (Wildman–Crippen MR) is 181 cm³/mol.